The SMILES string of the molecule is Fc1cc(Br)ccc1CCCS. The topological polar surface area (TPSA) is 0 Å². The molecule has 3 heteroatoms. The molecule has 0 saturated heterocycles. The molecule has 66 valence electrons. The van der Waals surface area contributed by atoms with Crippen molar-refractivity contribution in [1.82, 2.24) is 0 Å². The van der Waals surface area contributed by atoms with Gasteiger partial charge in [0.25, 0.3) is 0 Å². The third kappa shape index (κ3) is 2.79. The molecule has 0 nitrogen and oxygen atoms in total. The molecule has 12 heavy (non-hydrogen) atoms. The Kier molecular flexibility index (Phi) is 4.09. The summed E-state index contributed by atoms with van der Waals surface area (Å²) in [5.74, 6) is 0.668. The molecule has 0 aliphatic carbocycles. The Hall–Kier alpha value is -0.0200. The summed E-state index contributed by atoms with van der Waals surface area (Å²) in [5.41, 5.74) is 0.771. The maximum Gasteiger partial charge on any atom is 0.127 e. The Morgan fingerprint density at radius 1 is 1.42 bits per heavy atom. The summed E-state index contributed by atoms with van der Waals surface area (Å²) in [7, 11) is 0. The van der Waals surface area contributed by atoms with Gasteiger partial charge in [-0.15, -0.1) is 0 Å². The van der Waals surface area contributed by atoms with Crippen LogP contribution in [0.2, 0.25) is 0 Å². The number of hydrogen-bond acceptors (Lipinski definition) is 1. The van der Waals surface area contributed by atoms with Gasteiger partial charge < -0.3 is 0 Å². The van der Waals surface area contributed by atoms with Crippen LogP contribution in [0.1, 0.15) is 12.0 Å². The predicted molar refractivity (Wildman–Crippen MR) is 56.3 cm³/mol. The molecule has 1 aromatic carbocycles. The molecule has 0 radical (unpaired) electrons. The third-order valence-corrected chi connectivity index (χ3v) is 2.43. The minimum absolute atomic E-state index is 0.133. The molecular weight excluding hydrogens is 239 g/mol. The van der Waals surface area contributed by atoms with E-state index in [1.54, 1.807) is 0 Å². The monoisotopic (exact) mass is 248 g/mol. The van der Waals surface area contributed by atoms with Crippen molar-refractivity contribution < 1.29 is 4.39 Å². The number of aryl methyl sites for hydroxylation is 1. The van der Waals surface area contributed by atoms with Crippen LogP contribution in [0.25, 0.3) is 0 Å². The fourth-order valence-corrected chi connectivity index (χ4v) is 1.49. The maximum absolute atomic E-state index is 13.1. The van der Waals surface area contributed by atoms with E-state index in [1.807, 2.05) is 12.1 Å². The van der Waals surface area contributed by atoms with Gasteiger partial charge in [0.1, 0.15) is 5.82 Å². The minimum Gasteiger partial charge on any atom is -0.207 e. The second kappa shape index (κ2) is 4.87. The first-order valence-electron chi connectivity index (χ1n) is 3.79. The van der Waals surface area contributed by atoms with Gasteiger partial charge in [0.15, 0.2) is 0 Å². The molecule has 0 aliphatic rings. The first-order chi connectivity index (χ1) is 5.74. The van der Waals surface area contributed by atoms with Crippen molar-refractivity contribution in [2.45, 2.75) is 12.8 Å². The van der Waals surface area contributed by atoms with Crippen molar-refractivity contribution in [2.24, 2.45) is 0 Å². The van der Waals surface area contributed by atoms with Crippen molar-refractivity contribution in [3.8, 4) is 0 Å². The van der Waals surface area contributed by atoms with E-state index in [9.17, 15) is 4.39 Å². The molecule has 0 saturated carbocycles. The molecule has 0 fully saturated rings. The van der Waals surface area contributed by atoms with Crippen molar-refractivity contribution in [3.63, 3.8) is 0 Å². The summed E-state index contributed by atoms with van der Waals surface area (Å²) in [4.78, 5) is 0. The highest BCUT2D eigenvalue weighted by Gasteiger charge is 2.01. The molecule has 0 spiro atoms. The summed E-state index contributed by atoms with van der Waals surface area (Å²) < 4.78 is 13.9. The summed E-state index contributed by atoms with van der Waals surface area (Å²) in [6.07, 6.45) is 1.68. The molecular formula is C9H10BrFS. The van der Waals surface area contributed by atoms with Crippen molar-refractivity contribution >= 4 is 28.6 Å². The van der Waals surface area contributed by atoms with Crippen LogP contribution in [0, 0.1) is 5.82 Å². The van der Waals surface area contributed by atoms with E-state index in [0.717, 1.165) is 28.6 Å². The lowest BCUT2D eigenvalue weighted by atomic mass is 10.1. The molecule has 0 unspecified atom stereocenters. The summed E-state index contributed by atoms with van der Waals surface area (Å²) in [6.45, 7) is 0. The zero-order valence-corrected chi connectivity index (χ0v) is 9.04. The number of thiol groups is 1. The fraction of sp³-hybridized carbons (Fsp3) is 0.333. The van der Waals surface area contributed by atoms with Crippen molar-refractivity contribution in [2.75, 3.05) is 5.75 Å². The van der Waals surface area contributed by atoms with E-state index in [-0.39, 0.29) is 5.82 Å². The van der Waals surface area contributed by atoms with E-state index >= 15 is 0 Å². The van der Waals surface area contributed by atoms with Crippen LogP contribution in [0.4, 0.5) is 4.39 Å². The number of hydrogen-bond donors (Lipinski definition) is 1. The van der Waals surface area contributed by atoms with E-state index in [2.05, 4.69) is 28.6 Å². The molecule has 0 atom stereocenters. The molecule has 0 aliphatic heterocycles. The highest BCUT2D eigenvalue weighted by Crippen LogP contribution is 2.16. The summed E-state index contributed by atoms with van der Waals surface area (Å²) >= 11 is 7.28. The zero-order chi connectivity index (χ0) is 8.97. The van der Waals surface area contributed by atoms with E-state index in [4.69, 9.17) is 0 Å². The van der Waals surface area contributed by atoms with Gasteiger partial charge in [-0.1, -0.05) is 22.0 Å². The largest absolute Gasteiger partial charge is 0.207 e. The lowest BCUT2D eigenvalue weighted by Gasteiger charge is -2.01. The van der Waals surface area contributed by atoms with Crippen LogP contribution < -0.4 is 0 Å². The van der Waals surface area contributed by atoms with Crippen LogP contribution >= 0.6 is 28.6 Å². The van der Waals surface area contributed by atoms with Gasteiger partial charge in [-0.3, -0.25) is 0 Å². The van der Waals surface area contributed by atoms with Gasteiger partial charge >= 0.3 is 0 Å². The Balaban J connectivity index is 2.72. The van der Waals surface area contributed by atoms with Gasteiger partial charge in [0.05, 0.1) is 0 Å². The van der Waals surface area contributed by atoms with Crippen LogP contribution in [-0.2, 0) is 6.42 Å². The van der Waals surface area contributed by atoms with Crippen molar-refractivity contribution in [3.05, 3.63) is 34.1 Å². The van der Waals surface area contributed by atoms with Crippen molar-refractivity contribution in [1.29, 1.82) is 0 Å². The maximum atomic E-state index is 13.1. The summed E-state index contributed by atoms with van der Waals surface area (Å²) in [6, 6.07) is 5.16. The normalized spacial score (nSPS) is 10.2. The molecule has 0 bridgehead atoms. The third-order valence-electron chi connectivity index (χ3n) is 1.62. The zero-order valence-electron chi connectivity index (χ0n) is 6.56. The second-order valence-electron chi connectivity index (χ2n) is 2.56. The van der Waals surface area contributed by atoms with Gasteiger partial charge in [-0.25, -0.2) is 4.39 Å². The van der Waals surface area contributed by atoms with Gasteiger partial charge in [-0.05, 0) is 36.3 Å². The molecule has 0 N–H and O–H groups in total. The van der Waals surface area contributed by atoms with E-state index in [1.165, 1.54) is 6.07 Å². The van der Waals surface area contributed by atoms with Crippen LogP contribution in [0.5, 0.6) is 0 Å². The van der Waals surface area contributed by atoms with Crippen LogP contribution in [-0.4, -0.2) is 5.75 Å². The predicted octanol–water partition coefficient (Wildman–Crippen LogP) is 3.45. The Labute approximate surface area is 85.7 Å². The smallest absolute Gasteiger partial charge is 0.127 e. The van der Waals surface area contributed by atoms with E-state index in [0.29, 0.717) is 0 Å². The lowest BCUT2D eigenvalue weighted by molar-refractivity contribution is 0.607. The molecule has 0 amide bonds. The van der Waals surface area contributed by atoms with Crippen LogP contribution in [0.15, 0.2) is 22.7 Å². The summed E-state index contributed by atoms with van der Waals surface area (Å²) in [5, 5.41) is 0. The quantitative estimate of drug-likeness (QED) is 0.779. The molecule has 1 aromatic rings. The highest BCUT2D eigenvalue weighted by atomic mass is 79.9. The molecule has 1 rings (SSSR count). The average Bonchev–Trinajstić information content (AvgIpc) is 2.03. The van der Waals surface area contributed by atoms with Gasteiger partial charge in [-0.2, -0.15) is 12.6 Å². The number of halogens is 2. The first kappa shape index (κ1) is 10.1. The molecule has 0 aromatic heterocycles. The van der Waals surface area contributed by atoms with Gasteiger partial charge in [0.2, 0.25) is 0 Å². The standard InChI is InChI=1S/C9H10BrFS/c10-8-4-3-7(2-1-5-12)9(11)6-8/h3-4,6,12H,1-2,5H2. The Morgan fingerprint density at radius 2 is 2.17 bits per heavy atom. The fourth-order valence-electron chi connectivity index (χ4n) is 0.994. The number of rotatable bonds is 3. The Bertz CT molecular complexity index is 263. The minimum atomic E-state index is -0.133. The van der Waals surface area contributed by atoms with E-state index < -0.39 is 0 Å². The lowest BCUT2D eigenvalue weighted by Crippen LogP contribution is -1.90. The second-order valence-corrected chi connectivity index (χ2v) is 3.93. The van der Waals surface area contributed by atoms with Crippen LogP contribution in [0.3, 0.4) is 0 Å². The highest BCUT2D eigenvalue weighted by molar-refractivity contribution is 9.10. The van der Waals surface area contributed by atoms with Gasteiger partial charge in [0, 0.05) is 4.47 Å². The first-order valence-corrected chi connectivity index (χ1v) is 5.21. The Morgan fingerprint density at radius 3 is 2.75 bits per heavy atom. The number of benzene rings is 1. The molecule has 0 heterocycles. The average molecular weight is 249 g/mol.